The molecule has 6 heteroatoms. The first-order chi connectivity index (χ1) is 13.0. The van der Waals surface area contributed by atoms with E-state index < -0.39 is 0 Å². The van der Waals surface area contributed by atoms with Gasteiger partial charge in [0.2, 0.25) is 0 Å². The van der Waals surface area contributed by atoms with Crippen LogP contribution < -0.4 is 15.8 Å². The Hall–Kier alpha value is -2.99. The summed E-state index contributed by atoms with van der Waals surface area (Å²) >= 11 is 0. The third kappa shape index (κ3) is 3.61. The SMILES string of the molecule is COCCn1c(C)c(C)c2cc(C(=O)Nc3cc(OC)ccc3N)ccc21. The van der Waals surface area contributed by atoms with Crippen molar-refractivity contribution < 1.29 is 14.3 Å². The van der Waals surface area contributed by atoms with E-state index in [1.165, 1.54) is 5.69 Å². The molecule has 3 N–H and O–H groups in total. The molecule has 0 aliphatic heterocycles. The number of benzene rings is 2. The zero-order valence-electron chi connectivity index (χ0n) is 16.1. The summed E-state index contributed by atoms with van der Waals surface area (Å²) in [4.78, 5) is 12.8. The molecule has 0 saturated carbocycles. The summed E-state index contributed by atoms with van der Waals surface area (Å²) in [6.07, 6.45) is 0. The Morgan fingerprint density at radius 2 is 1.93 bits per heavy atom. The van der Waals surface area contributed by atoms with Crippen LogP contribution in [0.25, 0.3) is 10.9 Å². The number of hydrogen-bond acceptors (Lipinski definition) is 4. The normalized spacial score (nSPS) is 11.0. The molecular weight excluding hydrogens is 342 g/mol. The van der Waals surface area contributed by atoms with Crippen LogP contribution in [0, 0.1) is 13.8 Å². The van der Waals surface area contributed by atoms with Gasteiger partial charge < -0.3 is 25.1 Å². The molecule has 142 valence electrons. The lowest BCUT2D eigenvalue weighted by atomic mass is 10.1. The lowest BCUT2D eigenvalue weighted by Gasteiger charge is -2.11. The van der Waals surface area contributed by atoms with Gasteiger partial charge in [-0.1, -0.05) is 0 Å². The van der Waals surface area contributed by atoms with Gasteiger partial charge in [-0.15, -0.1) is 0 Å². The Balaban J connectivity index is 1.93. The molecule has 1 heterocycles. The molecular formula is C21H25N3O3. The molecule has 0 unspecified atom stereocenters. The van der Waals surface area contributed by atoms with Crippen molar-refractivity contribution in [1.82, 2.24) is 4.57 Å². The number of hydrogen-bond donors (Lipinski definition) is 2. The monoisotopic (exact) mass is 367 g/mol. The van der Waals surface area contributed by atoms with E-state index in [2.05, 4.69) is 23.7 Å². The number of ether oxygens (including phenoxy) is 2. The molecule has 1 amide bonds. The molecule has 0 atom stereocenters. The number of methoxy groups -OCH3 is 2. The zero-order chi connectivity index (χ0) is 19.6. The van der Waals surface area contributed by atoms with Gasteiger partial charge in [0.25, 0.3) is 5.91 Å². The molecule has 0 bridgehead atoms. The quantitative estimate of drug-likeness (QED) is 0.651. The Labute approximate surface area is 158 Å². The molecule has 0 aliphatic rings. The highest BCUT2D eigenvalue weighted by Crippen LogP contribution is 2.28. The summed E-state index contributed by atoms with van der Waals surface area (Å²) in [6.45, 7) is 5.57. The van der Waals surface area contributed by atoms with Gasteiger partial charge in [-0.25, -0.2) is 0 Å². The van der Waals surface area contributed by atoms with Gasteiger partial charge in [0.15, 0.2) is 0 Å². The summed E-state index contributed by atoms with van der Waals surface area (Å²) in [5, 5.41) is 3.94. The van der Waals surface area contributed by atoms with Crippen molar-refractivity contribution in [2.45, 2.75) is 20.4 Å². The minimum Gasteiger partial charge on any atom is -0.497 e. The van der Waals surface area contributed by atoms with E-state index >= 15 is 0 Å². The number of rotatable bonds is 6. The lowest BCUT2D eigenvalue weighted by molar-refractivity contribution is 0.102. The average molecular weight is 367 g/mol. The van der Waals surface area contributed by atoms with E-state index in [0.29, 0.717) is 29.3 Å². The molecule has 0 saturated heterocycles. The second-order valence-corrected chi connectivity index (χ2v) is 6.49. The van der Waals surface area contributed by atoms with Gasteiger partial charge in [-0.2, -0.15) is 0 Å². The number of carbonyl (C=O) groups excluding carboxylic acids is 1. The van der Waals surface area contributed by atoms with Crippen LogP contribution in [0.3, 0.4) is 0 Å². The number of nitrogens with one attached hydrogen (secondary N) is 1. The largest absolute Gasteiger partial charge is 0.497 e. The van der Waals surface area contributed by atoms with Gasteiger partial charge in [0, 0.05) is 41.9 Å². The number of aryl methyl sites for hydroxylation is 1. The van der Waals surface area contributed by atoms with E-state index in [1.54, 1.807) is 32.4 Å². The summed E-state index contributed by atoms with van der Waals surface area (Å²) in [7, 11) is 3.27. The molecule has 3 aromatic rings. The Morgan fingerprint density at radius 3 is 2.63 bits per heavy atom. The van der Waals surface area contributed by atoms with Crippen molar-refractivity contribution >= 4 is 28.2 Å². The third-order valence-electron chi connectivity index (χ3n) is 4.93. The van der Waals surface area contributed by atoms with E-state index in [0.717, 1.165) is 23.0 Å². The predicted molar refractivity (Wildman–Crippen MR) is 109 cm³/mol. The molecule has 6 nitrogen and oxygen atoms in total. The number of anilines is 2. The highest BCUT2D eigenvalue weighted by molar-refractivity contribution is 6.08. The van der Waals surface area contributed by atoms with Crippen molar-refractivity contribution in [3.63, 3.8) is 0 Å². The first-order valence-corrected chi connectivity index (χ1v) is 8.79. The van der Waals surface area contributed by atoms with Crippen LogP contribution in [0.2, 0.25) is 0 Å². The second-order valence-electron chi connectivity index (χ2n) is 6.49. The molecule has 0 aliphatic carbocycles. The van der Waals surface area contributed by atoms with Gasteiger partial charge in [0.05, 0.1) is 25.1 Å². The standard InChI is InChI=1S/C21H25N3O3/c1-13-14(2)24(9-10-26-3)20-8-5-15(11-17(13)20)21(25)23-19-12-16(27-4)6-7-18(19)22/h5-8,11-12H,9-10,22H2,1-4H3,(H,23,25). The minimum atomic E-state index is -0.210. The topological polar surface area (TPSA) is 78.5 Å². The van der Waals surface area contributed by atoms with E-state index in [4.69, 9.17) is 15.2 Å². The highest BCUT2D eigenvalue weighted by atomic mass is 16.5. The fraction of sp³-hybridized carbons (Fsp3) is 0.286. The van der Waals surface area contributed by atoms with E-state index in [-0.39, 0.29) is 5.91 Å². The second kappa shape index (κ2) is 7.72. The van der Waals surface area contributed by atoms with Crippen LogP contribution >= 0.6 is 0 Å². The van der Waals surface area contributed by atoms with Crippen LogP contribution in [0.15, 0.2) is 36.4 Å². The first-order valence-electron chi connectivity index (χ1n) is 8.79. The predicted octanol–water partition coefficient (Wildman–Crippen LogP) is 3.75. The van der Waals surface area contributed by atoms with Crippen molar-refractivity contribution in [2.24, 2.45) is 0 Å². The smallest absolute Gasteiger partial charge is 0.255 e. The zero-order valence-corrected chi connectivity index (χ0v) is 16.1. The summed E-state index contributed by atoms with van der Waals surface area (Å²) in [6, 6.07) is 10.9. The first kappa shape index (κ1) is 18.8. The molecule has 0 fully saturated rings. The lowest BCUT2D eigenvalue weighted by Crippen LogP contribution is -2.13. The molecule has 2 aromatic carbocycles. The molecule has 1 aromatic heterocycles. The fourth-order valence-electron chi connectivity index (χ4n) is 3.23. The van der Waals surface area contributed by atoms with Gasteiger partial charge in [0.1, 0.15) is 5.75 Å². The fourth-order valence-corrected chi connectivity index (χ4v) is 3.23. The minimum absolute atomic E-state index is 0.210. The number of carbonyl (C=O) groups is 1. The number of nitrogens with two attached hydrogens (primary N) is 1. The van der Waals surface area contributed by atoms with Crippen molar-refractivity contribution in [1.29, 1.82) is 0 Å². The van der Waals surface area contributed by atoms with Gasteiger partial charge >= 0.3 is 0 Å². The van der Waals surface area contributed by atoms with E-state index in [9.17, 15) is 4.79 Å². The Morgan fingerprint density at radius 1 is 1.15 bits per heavy atom. The summed E-state index contributed by atoms with van der Waals surface area (Å²) in [5.74, 6) is 0.426. The molecule has 3 rings (SSSR count). The number of amides is 1. The van der Waals surface area contributed by atoms with Crippen LogP contribution in [-0.4, -0.2) is 31.3 Å². The van der Waals surface area contributed by atoms with Crippen LogP contribution in [0.1, 0.15) is 21.6 Å². The highest BCUT2D eigenvalue weighted by Gasteiger charge is 2.15. The van der Waals surface area contributed by atoms with Crippen LogP contribution in [-0.2, 0) is 11.3 Å². The van der Waals surface area contributed by atoms with Gasteiger partial charge in [-0.3, -0.25) is 4.79 Å². The van der Waals surface area contributed by atoms with Crippen molar-refractivity contribution in [3.8, 4) is 5.75 Å². The number of fused-ring (bicyclic) bond motifs is 1. The van der Waals surface area contributed by atoms with Crippen LogP contribution in [0.5, 0.6) is 5.75 Å². The average Bonchev–Trinajstić information content (AvgIpc) is 2.91. The maximum atomic E-state index is 12.8. The summed E-state index contributed by atoms with van der Waals surface area (Å²) < 4.78 is 12.6. The molecule has 0 spiro atoms. The van der Waals surface area contributed by atoms with Crippen molar-refractivity contribution in [2.75, 3.05) is 31.9 Å². The maximum Gasteiger partial charge on any atom is 0.255 e. The Bertz CT molecular complexity index is 992. The maximum absolute atomic E-state index is 12.8. The van der Waals surface area contributed by atoms with E-state index in [1.807, 2.05) is 18.2 Å². The number of nitrogens with zero attached hydrogens (tertiary/aromatic N) is 1. The van der Waals surface area contributed by atoms with Crippen molar-refractivity contribution in [3.05, 3.63) is 53.2 Å². The third-order valence-corrected chi connectivity index (χ3v) is 4.93. The number of aromatic nitrogens is 1. The number of nitrogen functional groups attached to an aromatic ring is 1. The molecule has 27 heavy (non-hydrogen) atoms. The van der Waals surface area contributed by atoms with Crippen LogP contribution in [0.4, 0.5) is 11.4 Å². The molecule has 0 radical (unpaired) electrons. The summed E-state index contributed by atoms with van der Waals surface area (Å²) in [5.41, 5.74) is 11.0. The Kier molecular flexibility index (Phi) is 5.37. The van der Waals surface area contributed by atoms with Gasteiger partial charge in [-0.05, 0) is 49.7 Å².